The van der Waals surface area contributed by atoms with Gasteiger partial charge in [-0.1, -0.05) is 27.7 Å². The van der Waals surface area contributed by atoms with Gasteiger partial charge >= 0.3 is 12.4 Å². The SMILES string of the molecule is CC(C)C(C)(C)C(O)OC(C(F)(F)F)C(F)(F)F. The zero-order valence-electron chi connectivity index (χ0n) is 10.4. The molecule has 0 aromatic rings. The Hall–Kier alpha value is -0.500. The van der Waals surface area contributed by atoms with Crippen molar-refractivity contribution < 1.29 is 36.2 Å². The van der Waals surface area contributed by atoms with Gasteiger partial charge in [0.25, 0.3) is 6.10 Å². The molecule has 0 aliphatic carbocycles. The molecular weight excluding hydrogens is 266 g/mol. The molecule has 0 aromatic heterocycles. The first-order chi connectivity index (χ1) is 7.70. The quantitative estimate of drug-likeness (QED) is 0.631. The van der Waals surface area contributed by atoms with E-state index in [4.69, 9.17) is 0 Å². The molecule has 2 nitrogen and oxygen atoms in total. The van der Waals surface area contributed by atoms with Crippen LogP contribution in [0.3, 0.4) is 0 Å². The molecule has 0 spiro atoms. The lowest BCUT2D eigenvalue weighted by molar-refractivity contribution is -0.361. The van der Waals surface area contributed by atoms with Crippen LogP contribution in [-0.2, 0) is 4.74 Å². The van der Waals surface area contributed by atoms with Crippen molar-refractivity contribution in [2.45, 2.75) is 52.4 Å². The molecule has 0 saturated heterocycles. The Kier molecular flexibility index (Phi) is 5.10. The van der Waals surface area contributed by atoms with Gasteiger partial charge < -0.3 is 9.84 Å². The second-order valence-corrected chi connectivity index (χ2v) is 4.93. The molecule has 1 N–H and O–H groups in total. The summed E-state index contributed by atoms with van der Waals surface area (Å²) in [5.74, 6) is -0.366. The number of hydrogen-bond acceptors (Lipinski definition) is 2. The molecular formula is C10H16F6O2. The summed E-state index contributed by atoms with van der Waals surface area (Å²) in [7, 11) is 0. The normalized spacial score (nSPS) is 16.5. The van der Waals surface area contributed by atoms with Crippen LogP contribution in [0.1, 0.15) is 27.7 Å². The number of alkyl halides is 6. The number of hydrogen-bond donors (Lipinski definition) is 1. The first-order valence-electron chi connectivity index (χ1n) is 5.17. The van der Waals surface area contributed by atoms with E-state index < -0.39 is 30.2 Å². The smallest absolute Gasteiger partial charge is 0.367 e. The van der Waals surface area contributed by atoms with Gasteiger partial charge in [-0.2, -0.15) is 26.3 Å². The minimum Gasteiger partial charge on any atom is -0.367 e. The molecule has 0 saturated carbocycles. The molecule has 1 unspecified atom stereocenters. The second kappa shape index (κ2) is 5.24. The lowest BCUT2D eigenvalue weighted by atomic mass is 9.80. The van der Waals surface area contributed by atoms with Gasteiger partial charge in [0.2, 0.25) is 0 Å². The van der Waals surface area contributed by atoms with E-state index >= 15 is 0 Å². The Morgan fingerprint density at radius 2 is 1.22 bits per heavy atom. The lowest BCUT2D eigenvalue weighted by Gasteiger charge is -2.36. The van der Waals surface area contributed by atoms with E-state index in [9.17, 15) is 31.4 Å². The molecule has 18 heavy (non-hydrogen) atoms. The molecule has 110 valence electrons. The topological polar surface area (TPSA) is 29.5 Å². The Bertz CT molecular complexity index is 255. The van der Waals surface area contributed by atoms with Crippen LogP contribution in [0, 0.1) is 11.3 Å². The number of aliphatic hydroxyl groups excluding tert-OH is 1. The summed E-state index contributed by atoms with van der Waals surface area (Å²) in [5.41, 5.74) is -1.24. The van der Waals surface area contributed by atoms with E-state index in [-0.39, 0.29) is 5.92 Å². The summed E-state index contributed by atoms with van der Waals surface area (Å²) in [6.45, 7) is 5.77. The number of rotatable bonds is 4. The molecule has 0 rings (SSSR count). The van der Waals surface area contributed by atoms with Crippen LogP contribution in [-0.4, -0.2) is 29.9 Å². The van der Waals surface area contributed by atoms with Gasteiger partial charge in [0.15, 0.2) is 6.29 Å². The average molecular weight is 282 g/mol. The first kappa shape index (κ1) is 17.5. The van der Waals surface area contributed by atoms with Crippen LogP contribution in [0.5, 0.6) is 0 Å². The van der Waals surface area contributed by atoms with Crippen LogP contribution in [0.25, 0.3) is 0 Å². The number of ether oxygens (including phenoxy) is 1. The summed E-state index contributed by atoms with van der Waals surface area (Å²) < 4.78 is 77.1. The van der Waals surface area contributed by atoms with Gasteiger partial charge in [0.05, 0.1) is 0 Å². The van der Waals surface area contributed by atoms with Gasteiger partial charge in [-0.25, -0.2) is 0 Å². The molecule has 0 aliphatic rings. The van der Waals surface area contributed by atoms with Crippen molar-refractivity contribution in [2.24, 2.45) is 11.3 Å². The van der Waals surface area contributed by atoms with E-state index in [1.54, 1.807) is 13.8 Å². The van der Waals surface area contributed by atoms with Crippen molar-refractivity contribution in [2.75, 3.05) is 0 Å². The van der Waals surface area contributed by atoms with Crippen molar-refractivity contribution in [3.8, 4) is 0 Å². The van der Waals surface area contributed by atoms with E-state index in [2.05, 4.69) is 4.74 Å². The highest BCUT2D eigenvalue weighted by Gasteiger charge is 2.59. The van der Waals surface area contributed by atoms with E-state index in [1.165, 1.54) is 13.8 Å². The van der Waals surface area contributed by atoms with Crippen molar-refractivity contribution in [3.63, 3.8) is 0 Å². The van der Waals surface area contributed by atoms with Crippen molar-refractivity contribution in [1.29, 1.82) is 0 Å². The van der Waals surface area contributed by atoms with Gasteiger partial charge in [-0.15, -0.1) is 0 Å². The molecule has 0 aliphatic heterocycles. The molecule has 0 heterocycles. The fourth-order valence-corrected chi connectivity index (χ4v) is 0.929. The van der Waals surface area contributed by atoms with Gasteiger partial charge in [0, 0.05) is 5.41 Å². The summed E-state index contributed by atoms with van der Waals surface area (Å²) in [5, 5.41) is 9.42. The molecule has 0 aromatic carbocycles. The molecule has 8 heteroatoms. The van der Waals surface area contributed by atoms with Gasteiger partial charge in [-0.05, 0) is 5.92 Å². The van der Waals surface area contributed by atoms with Crippen LogP contribution < -0.4 is 0 Å². The minimum absolute atomic E-state index is 0.366. The highest BCUT2D eigenvalue weighted by Crippen LogP contribution is 2.39. The third-order valence-corrected chi connectivity index (χ3v) is 2.98. The zero-order chi connectivity index (χ0) is 14.9. The van der Waals surface area contributed by atoms with Gasteiger partial charge in [0.1, 0.15) is 0 Å². The average Bonchev–Trinajstić information content (AvgIpc) is 2.09. The Morgan fingerprint density at radius 1 is 0.889 bits per heavy atom. The maximum absolute atomic E-state index is 12.2. The van der Waals surface area contributed by atoms with Crippen LogP contribution in [0.4, 0.5) is 26.3 Å². The Balaban J connectivity index is 5.04. The predicted molar refractivity (Wildman–Crippen MR) is 51.6 cm³/mol. The van der Waals surface area contributed by atoms with E-state index in [0.717, 1.165) is 0 Å². The number of halogens is 6. The third-order valence-electron chi connectivity index (χ3n) is 2.98. The van der Waals surface area contributed by atoms with E-state index in [1.807, 2.05) is 0 Å². The first-order valence-corrected chi connectivity index (χ1v) is 5.17. The largest absolute Gasteiger partial charge is 0.423 e. The number of aliphatic hydroxyl groups is 1. The van der Waals surface area contributed by atoms with E-state index in [0.29, 0.717) is 0 Å². The monoisotopic (exact) mass is 282 g/mol. The van der Waals surface area contributed by atoms with Crippen molar-refractivity contribution in [1.82, 2.24) is 0 Å². The zero-order valence-corrected chi connectivity index (χ0v) is 10.4. The molecule has 1 atom stereocenters. The van der Waals surface area contributed by atoms with Gasteiger partial charge in [-0.3, -0.25) is 0 Å². The van der Waals surface area contributed by atoms with Crippen LogP contribution in [0.15, 0.2) is 0 Å². The molecule has 0 bridgehead atoms. The Morgan fingerprint density at radius 3 is 1.44 bits per heavy atom. The van der Waals surface area contributed by atoms with Crippen molar-refractivity contribution >= 4 is 0 Å². The molecule has 0 amide bonds. The molecule has 0 fully saturated rings. The fraction of sp³-hybridized carbons (Fsp3) is 1.00. The highest BCUT2D eigenvalue weighted by molar-refractivity contribution is 4.81. The third kappa shape index (κ3) is 4.31. The van der Waals surface area contributed by atoms with Crippen molar-refractivity contribution in [3.05, 3.63) is 0 Å². The summed E-state index contributed by atoms with van der Waals surface area (Å²) in [6, 6.07) is 0. The standard InChI is InChI=1S/C10H16F6O2/c1-5(2)8(3,4)7(17)18-6(9(11,12)13)10(14,15)16/h5-7,17H,1-4H3. The van der Waals surface area contributed by atoms with Crippen LogP contribution >= 0.6 is 0 Å². The fourth-order valence-electron chi connectivity index (χ4n) is 0.929. The second-order valence-electron chi connectivity index (χ2n) is 4.93. The summed E-state index contributed by atoms with van der Waals surface area (Å²) in [4.78, 5) is 0. The summed E-state index contributed by atoms with van der Waals surface area (Å²) >= 11 is 0. The lowest BCUT2D eigenvalue weighted by Crippen LogP contribution is -2.50. The highest BCUT2D eigenvalue weighted by atomic mass is 19.4. The Labute approximate surface area is 101 Å². The molecule has 0 radical (unpaired) electrons. The maximum Gasteiger partial charge on any atom is 0.423 e. The predicted octanol–water partition coefficient (Wildman–Crippen LogP) is 3.50. The minimum atomic E-state index is -5.62. The van der Waals surface area contributed by atoms with Crippen LogP contribution in [0.2, 0.25) is 0 Å². The maximum atomic E-state index is 12.2. The summed E-state index contributed by atoms with van der Waals surface area (Å²) in [6.07, 6.45) is -17.4.